The summed E-state index contributed by atoms with van der Waals surface area (Å²) in [4.78, 5) is 11.6. The van der Waals surface area contributed by atoms with E-state index < -0.39 is 0 Å². The van der Waals surface area contributed by atoms with E-state index in [0.29, 0.717) is 12.6 Å². The Morgan fingerprint density at radius 1 is 1.00 bits per heavy atom. The third kappa shape index (κ3) is 4.66. The molecule has 0 aromatic heterocycles. The first-order chi connectivity index (χ1) is 8.34. The van der Waals surface area contributed by atoms with Crippen LogP contribution in [0.5, 0.6) is 0 Å². The molecule has 2 aliphatic rings. The Labute approximate surface area is 105 Å². The molecule has 0 aromatic rings. The molecule has 2 saturated carbocycles. The van der Waals surface area contributed by atoms with Gasteiger partial charge in [-0.2, -0.15) is 0 Å². The van der Waals surface area contributed by atoms with E-state index in [0.717, 1.165) is 12.5 Å². The monoisotopic (exact) mass is 238 g/mol. The Hall–Kier alpha value is -0.570. The number of hydrogen-bond acceptors (Lipinski definition) is 2. The van der Waals surface area contributed by atoms with Crippen LogP contribution in [0.4, 0.5) is 0 Å². The molecule has 2 rings (SSSR count). The Morgan fingerprint density at radius 2 is 1.65 bits per heavy atom. The standard InChI is InChI=1S/C14H26N2O/c17-14(11-16-13-7-3-4-8-13)15-10-9-12-5-1-2-6-12/h12-13,16H,1-11H2,(H,15,17). The van der Waals surface area contributed by atoms with Gasteiger partial charge in [0.1, 0.15) is 0 Å². The molecule has 3 heteroatoms. The lowest BCUT2D eigenvalue weighted by molar-refractivity contribution is -0.120. The highest BCUT2D eigenvalue weighted by molar-refractivity contribution is 5.77. The van der Waals surface area contributed by atoms with E-state index in [-0.39, 0.29) is 5.91 Å². The lowest BCUT2D eigenvalue weighted by atomic mass is 10.0. The molecule has 0 heterocycles. The van der Waals surface area contributed by atoms with Gasteiger partial charge >= 0.3 is 0 Å². The molecule has 0 spiro atoms. The summed E-state index contributed by atoms with van der Waals surface area (Å²) in [5, 5.41) is 6.38. The smallest absolute Gasteiger partial charge is 0.233 e. The molecule has 98 valence electrons. The minimum atomic E-state index is 0.176. The van der Waals surface area contributed by atoms with Crippen LogP contribution in [0.1, 0.15) is 57.8 Å². The summed E-state index contributed by atoms with van der Waals surface area (Å²) in [5.74, 6) is 1.05. The van der Waals surface area contributed by atoms with Crippen molar-refractivity contribution < 1.29 is 4.79 Å². The summed E-state index contributed by atoms with van der Waals surface area (Å²) in [6, 6.07) is 0.593. The fourth-order valence-corrected chi connectivity index (χ4v) is 3.14. The molecule has 0 aliphatic heterocycles. The number of rotatable bonds is 6. The zero-order valence-corrected chi connectivity index (χ0v) is 10.8. The predicted octanol–water partition coefficient (Wildman–Crippen LogP) is 2.22. The summed E-state index contributed by atoms with van der Waals surface area (Å²) in [5.41, 5.74) is 0. The molecule has 0 unspecified atom stereocenters. The van der Waals surface area contributed by atoms with Crippen molar-refractivity contribution in [2.24, 2.45) is 5.92 Å². The highest BCUT2D eigenvalue weighted by atomic mass is 16.1. The largest absolute Gasteiger partial charge is 0.355 e. The SMILES string of the molecule is O=C(CNC1CCCC1)NCCC1CCCC1. The molecule has 2 aliphatic carbocycles. The Bertz CT molecular complexity index is 230. The Balaban J connectivity index is 1.48. The summed E-state index contributed by atoms with van der Waals surface area (Å²) < 4.78 is 0. The fourth-order valence-electron chi connectivity index (χ4n) is 3.14. The lowest BCUT2D eigenvalue weighted by Gasteiger charge is -2.13. The van der Waals surface area contributed by atoms with Crippen molar-refractivity contribution in [2.45, 2.75) is 63.8 Å². The van der Waals surface area contributed by atoms with E-state index >= 15 is 0 Å². The van der Waals surface area contributed by atoms with Gasteiger partial charge in [0, 0.05) is 12.6 Å². The molecule has 0 atom stereocenters. The van der Waals surface area contributed by atoms with Crippen molar-refractivity contribution in [3.05, 3.63) is 0 Å². The van der Waals surface area contributed by atoms with Crippen LogP contribution in [0.3, 0.4) is 0 Å². The van der Waals surface area contributed by atoms with Crippen molar-refractivity contribution in [2.75, 3.05) is 13.1 Å². The topological polar surface area (TPSA) is 41.1 Å². The van der Waals surface area contributed by atoms with Crippen molar-refractivity contribution >= 4 is 5.91 Å². The van der Waals surface area contributed by atoms with Gasteiger partial charge in [-0.1, -0.05) is 38.5 Å². The third-order valence-corrected chi connectivity index (χ3v) is 4.26. The van der Waals surface area contributed by atoms with E-state index in [1.165, 1.54) is 57.8 Å². The van der Waals surface area contributed by atoms with E-state index in [1.807, 2.05) is 0 Å². The predicted molar refractivity (Wildman–Crippen MR) is 69.8 cm³/mol. The average Bonchev–Trinajstić information content (AvgIpc) is 2.99. The van der Waals surface area contributed by atoms with Crippen molar-refractivity contribution in [1.29, 1.82) is 0 Å². The van der Waals surface area contributed by atoms with Crippen LogP contribution in [0.2, 0.25) is 0 Å². The third-order valence-electron chi connectivity index (χ3n) is 4.26. The first-order valence-corrected chi connectivity index (χ1v) is 7.34. The zero-order chi connectivity index (χ0) is 11.9. The quantitative estimate of drug-likeness (QED) is 0.745. The number of nitrogens with one attached hydrogen (secondary N) is 2. The van der Waals surface area contributed by atoms with Crippen LogP contribution in [-0.2, 0) is 4.79 Å². The van der Waals surface area contributed by atoms with E-state index in [9.17, 15) is 4.79 Å². The van der Waals surface area contributed by atoms with Gasteiger partial charge in [-0.3, -0.25) is 4.79 Å². The van der Waals surface area contributed by atoms with Crippen molar-refractivity contribution in [3.8, 4) is 0 Å². The van der Waals surface area contributed by atoms with Crippen LogP contribution in [-0.4, -0.2) is 25.0 Å². The summed E-state index contributed by atoms with van der Waals surface area (Å²) in [6.07, 6.45) is 11.8. The summed E-state index contributed by atoms with van der Waals surface area (Å²) in [7, 11) is 0. The summed E-state index contributed by atoms with van der Waals surface area (Å²) in [6.45, 7) is 1.38. The van der Waals surface area contributed by atoms with Crippen molar-refractivity contribution in [1.82, 2.24) is 10.6 Å². The van der Waals surface area contributed by atoms with Crippen LogP contribution < -0.4 is 10.6 Å². The van der Waals surface area contributed by atoms with Gasteiger partial charge in [0.15, 0.2) is 0 Å². The summed E-state index contributed by atoms with van der Waals surface area (Å²) >= 11 is 0. The molecule has 2 N–H and O–H groups in total. The molecular formula is C14H26N2O. The highest BCUT2D eigenvalue weighted by Crippen LogP contribution is 2.26. The number of carbonyl (C=O) groups is 1. The van der Waals surface area contributed by atoms with Crippen LogP contribution >= 0.6 is 0 Å². The first-order valence-electron chi connectivity index (χ1n) is 7.34. The molecular weight excluding hydrogens is 212 g/mol. The molecule has 2 fully saturated rings. The molecule has 0 bridgehead atoms. The van der Waals surface area contributed by atoms with Crippen LogP contribution in [0, 0.1) is 5.92 Å². The van der Waals surface area contributed by atoms with Crippen molar-refractivity contribution in [3.63, 3.8) is 0 Å². The van der Waals surface area contributed by atoms with Gasteiger partial charge in [-0.25, -0.2) is 0 Å². The molecule has 0 aromatic carbocycles. The number of carbonyl (C=O) groups excluding carboxylic acids is 1. The van der Waals surface area contributed by atoms with Gasteiger partial charge in [0.05, 0.1) is 6.54 Å². The minimum Gasteiger partial charge on any atom is -0.355 e. The normalized spacial score (nSPS) is 22.1. The van der Waals surface area contributed by atoms with Crippen LogP contribution in [0.25, 0.3) is 0 Å². The fraction of sp³-hybridized carbons (Fsp3) is 0.929. The second-order valence-corrected chi connectivity index (χ2v) is 5.65. The maximum Gasteiger partial charge on any atom is 0.233 e. The molecule has 0 saturated heterocycles. The minimum absolute atomic E-state index is 0.176. The van der Waals surface area contributed by atoms with Crippen LogP contribution in [0.15, 0.2) is 0 Å². The molecule has 0 radical (unpaired) electrons. The molecule has 17 heavy (non-hydrogen) atoms. The van der Waals surface area contributed by atoms with Gasteiger partial charge in [-0.15, -0.1) is 0 Å². The lowest BCUT2D eigenvalue weighted by Crippen LogP contribution is -2.38. The number of amides is 1. The van der Waals surface area contributed by atoms with E-state index in [4.69, 9.17) is 0 Å². The Kier molecular flexibility index (Phi) is 5.30. The van der Waals surface area contributed by atoms with E-state index in [1.54, 1.807) is 0 Å². The highest BCUT2D eigenvalue weighted by Gasteiger charge is 2.16. The first kappa shape index (κ1) is 12.9. The van der Waals surface area contributed by atoms with E-state index in [2.05, 4.69) is 10.6 Å². The number of hydrogen-bond donors (Lipinski definition) is 2. The van der Waals surface area contributed by atoms with Gasteiger partial charge in [0.2, 0.25) is 5.91 Å². The zero-order valence-electron chi connectivity index (χ0n) is 10.8. The average molecular weight is 238 g/mol. The maximum atomic E-state index is 11.6. The molecule has 1 amide bonds. The maximum absolute atomic E-state index is 11.6. The van der Waals surface area contributed by atoms with Gasteiger partial charge in [-0.05, 0) is 25.2 Å². The second-order valence-electron chi connectivity index (χ2n) is 5.65. The van der Waals surface area contributed by atoms with Gasteiger partial charge in [0.25, 0.3) is 0 Å². The Morgan fingerprint density at radius 3 is 2.35 bits per heavy atom. The molecule has 3 nitrogen and oxygen atoms in total. The van der Waals surface area contributed by atoms with Gasteiger partial charge < -0.3 is 10.6 Å². The second kappa shape index (κ2) is 7.00.